The van der Waals surface area contributed by atoms with Crippen LogP contribution >= 0.6 is 0 Å². The summed E-state index contributed by atoms with van der Waals surface area (Å²) in [4.78, 5) is 0. The van der Waals surface area contributed by atoms with Crippen LogP contribution in [-0.2, 0) is 0 Å². The highest BCUT2D eigenvalue weighted by Crippen LogP contribution is 2.36. The molecule has 0 saturated heterocycles. The largest absolute Gasteiger partial charge is 0.309 e. The molecule has 5 aromatic carbocycles. The molecule has 0 fully saturated rings. The fraction of sp³-hybridized carbons (Fsp3) is 0. The van der Waals surface area contributed by atoms with Crippen LogP contribution in [0.3, 0.4) is 0 Å². The van der Waals surface area contributed by atoms with Gasteiger partial charge in [-0.05, 0) is 51.9 Å². The minimum absolute atomic E-state index is 1.20. The number of rotatable bonds is 1. The standard InChI is InChI=1S/C26H17N/c1-2-9-20(10-3-1)27-25-13-7-6-12-22(25)24-16-19-15-14-18-8-4-5-11-21(18)23(19)17-26(24)27/h1-17H. The molecule has 0 spiro atoms. The van der Waals surface area contributed by atoms with Gasteiger partial charge in [0.15, 0.2) is 0 Å². The molecule has 0 aliphatic carbocycles. The molecule has 1 heterocycles. The van der Waals surface area contributed by atoms with Crippen molar-refractivity contribution in [3.63, 3.8) is 0 Å². The Hall–Kier alpha value is -3.58. The quantitative estimate of drug-likeness (QED) is 0.281. The monoisotopic (exact) mass is 343 g/mol. The first kappa shape index (κ1) is 14.6. The molecule has 1 heteroatoms. The molecule has 0 aliphatic heterocycles. The average Bonchev–Trinajstić information content (AvgIpc) is 3.06. The normalized spacial score (nSPS) is 11.7. The van der Waals surface area contributed by atoms with E-state index < -0.39 is 0 Å². The van der Waals surface area contributed by atoms with Crippen LogP contribution in [0.1, 0.15) is 0 Å². The second kappa shape index (κ2) is 5.46. The third-order valence-electron chi connectivity index (χ3n) is 5.55. The molecule has 6 aromatic rings. The molecule has 27 heavy (non-hydrogen) atoms. The molecule has 0 unspecified atom stereocenters. The van der Waals surface area contributed by atoms with E-state index in [-0.39, 0.29) is 0 Å². The Bertz CT molecular complexity index is 1460. The van der Waals surface area contributed by atoms with Gasteiger partial charge in [0.05, 0.1) is 11.0 Å². The zero-order chi connectivity index (χ0) is 17.8. The van der Waals surface area contributed by atoms with E-state index in [1.54, 1.807) is 0 Å². The van der Waals surface area contributed by atoms with Crippen molar-refractivity contribution < 1.29 is 0 Å². The van der Waals surface area contributed by atoms with E-state index in [9.17, 15) is 0 Å². The van der Waals surface area contributed by atoms with Gasteiger partial charge in [0.2, 0.25) is 0 Å². The van der Waals surface area contributed by atoms with Gasteiger partial charge in [-0.1, -0.05) is 72.8 Å². The van der Waals surface area contributed by atoms with Gasteiger partial charge < -0.3 is 4.57 Å². The van der Waals surface area contributed by atoms with Crippen molar-refractivity contribution in [1.29, 1.82) is 0 Å². The summed E-state index contributed by atoms with van der Waals surface area (Å²) in [5.74, 6) is 0. The highest BCUT2D eigenvalue weighted by molar-refractivity contribution is 6.18. The second-order valence-electron chi connectivity index (χ2n) is 7.07. The Balaban J connectivity index is 1.86. The molecule has 1 nitrogen and oxygen atoms in total. The summed E-state index contributed by atoms with van der Waals surface area (Å²) in [5, 5.41) is 7.79. The highest BCUT2D eigenvalue weighted by atomic mass is 15.0. The van der Waals surface area contributed by atoms with Crippen LogP contribution in [0.2, 0.25) is 0 Å². The lowest BCUT2D eigenvalue weighted by atomic mass is 10.00. The Labute approximate surface area is 157 Å². The van der Waals surface area contributed by atoms with Crippen LogP contribution in [0, 0.1) is 0 Å². The summed E-state index contributed by atoms with van der Waals surface area (Å²) in [6.45, 7) is 0. The molecule has 0 aliphatic rings. The molecular formula is C26H17N. The van der Waals surface area contributed by atoms with Gasteiger partial charge in [0.25, 0.3) is 0 Å². The fourth-order valence-corrected chi connectivity index (χ4v) is 4.33. The lowest BCUT2D eigenvalue weighted by Gasteiger charge is -2.09. The number of hydrogen-bond donors (Lipinski definition) is 0. The van der Waals surface area contributed by atoms with E-state index in [0.717, 1.165) is 0 Å². The number of para-hydroxylation sites is 2. The molecule has 126 valence electrons. The predicted molar refractivity (Wildman–Crippen MR) is 116 cm³/mol. The first-order valence-corrected chi connectivity index (χ1v) is 9.30. The van der Waals surface area contributed by atoms with Crippen molar-refractivity contribution in [3.8, 4) is 5.69 Å². The molecule has 0 amide bonds. The molecule has 1 aromatic heterocycles. The lowest BCUT2D eigenvalue weighted by Crippen LogP contribution is -1.93. The Morgan fingerprint density at radius 1 is 0.407 bits per heavy atom. The number of benzene rings is 5. The minimum atomic E-state index is 1.20. The molecule has 0 radical (unpaired) electrons. The predicted octanol–water partition coefficient (Wildman–Crippen LogP) is 7.09. The van der Waals surface area contributed by atoms with Gasteiger partial charge in [-0.15, -0.1) is 0 Å². The zero-order valence-corrected chi connectivity index (χ0v) is 14.8. The minimum Gasteiger partial charge on any atom is -0.309 e. The average molecular weight is 343 g/mol. The Morgan fingerprint density at radius 3 is 2.00 bits per heavy atom. The van der Waals surface area contributed by atoms with Crippen molar-refractivity contribution in [3.05, 3.63) is 103 Å². The summed E-state index contributed by atoms with van der Waals surface area (Å²) in [6.07, 6.45) is 0. The molecule has 0 saturated carbocycles. The van der Waals surface area contributed by atoms with Crippen LogP contribution in [0.4, 0.5) is 0 Å². The molecule has 0 bridgehead atoms. The maximum absolute atomic E-state index is 2.38. The fourth-order valence-electron chi connectivity index (χ4n) is 4.33. The summed E-state index contributed by atoms with van der Waals surface area (Å²) in [7, 11) is 0. The Morgan fingerprint density at radius 2 is 1.11 bits per heavy atom. The summed E-state index contributed by atoms with van der Waals surface area (Å²) in [5.41, 5.74) is 3.70. The lowest BCUT2D eigenvalue weighted by molar-refractivity contribution is 1.18. The van der Waals surface area contributed by atoms with Gasteiger partial charge in [-0.3, -0.25) is 0 Å². The van der Waals surface area contributed by atoms with Crippen LogP contribution in [0.5, 0.6) is 0 Å². The van der Waals surface area contributed by atoms with Crippen LogP contribution in [0.25, 0.3) is 49.0 Å². The van der Waals surface area contributed by atoms with Gasteiger partial charge >= 0.3 is 0 Å². The van der Waals surface area contributed by atoms with Gasteiger partial charge in [-0.25, -0.2) is 0 Å². The topological polar surface area (TPSA) is 4.93 Å². The highest BCUT2D eigenvalue weighted by Gasteiger charge is 2.13. The van der Waals surface area contributed by atoms with E-state index in [0.29, 0.717) is 0 Å². The van der Waals surface area contributed by atoms with Crippen LogP contribution in [0.15, 0.2) is 103 Å². The van der Waals surface area contributed by atoms with Gasteiger partial charge in [-0.2, -0.15) is 0 Å². The molecule has 0 N–H and O–H groups in total. The van der Waals surface area contributed by atoms with Crippen molar-refractivity contribution in [2.45, 2.75) is 0 Å². The first-order chi connectivity index (χ1) is 13.4. The third-order valence-corrected chi connectivity index (χ3v) is 5.55. The number of aromatic nitrogens is 1. The van der Waals surface area contributed by atoms with Crippen molar-refractivity contribution in [1.82, 2.24) is 4.57 Å². The van der Waals surface area contributed by atoms with Gasteiger partial charge in [0, 0.05) is 16.5 Å². The van der Waals surface area contributed by atoms with Gasteiger partial charge in [0.1, 0.15) is 0 Å². The second-order valence-corrected chi connectivity index (χ2v) is 7.07. The van der Waals surface area contributed by atoms with E-state index in [1.165, 1.54) is 49.0 Å². The maximum atomic E-state index is 2.38. The van der Waals surface area contributed by atoms with E-state index in [4.69, 9.17) is 0 Å². The van der Waals surface area contributed by atoms with E-state index >= 15 is 0 Å². The molecule has 0 atom stereocenters. The van der Waals surface area contributed by atoms with Crippen molar-refractivity contribution in [2.75, 3.05) is 0 Å². The smallest absolute Gasteiger partial charge is 0.0547 e. The number of nitrogens with zero attached hydrogens (tertiary/aromatic N) is 1. The van der Waals surface area contributed by atoms with Crippen molar-refractivity contribution in [2.24, 2.45) is 0 Å². The number of fused-ring (bicyclic) bond motifs is 6. The Kier molecular flexibility index (Phi) is 2.95. The number of hydrogen-bond acceptors (Lipinski definition) is 0. The SMILES string of the molecule is c1ccc(-n2c3ccccc3c3cc4ccc5ccccc5c4cc32)cc1. The molecular weight excluding hydrogens is 326 g/mol. The van der Waals surface area contributed by atoms with E-state index in [2.05, 4.69) is 108 Å². The molecule has 6 rings (SSSR count). The van der Waals surface area contributed by atoms with E-state index in [1.807, 2.05) is 0 Å². The zero-order valence-electron chi connectivity index (χ0n) is 14.8. The maximum Gasteiger partial charge on any atom is 0.0547 e. The first-order valence-electron chi connectivity index (χ1n) is 9.30. The van der Waals surface area contributed by atoms with Crippen molar-refractivity contribution >= 4 is 43.4 Å². The summed E-state index contributed by atoms with van der Waals surface area (Å²) >= 11 is 0. The van der Waals surface area contributed by atoms with Crippen LogP contribution < -0.4 is 0 Å². The summed E-state index contributed by atoms with van der Waals surface area (Å²) in [6, 6.07) is 37.1. The van der Waals surface area contributed by atoms with Crippen LogP contribution in [-0.4, -0.2) is 4.57 Å². The third kappa shape index (κ3) is 2.06. The summed E-state index contributed by atoms with van der Waals surface area (Å²) < 4.78 is 2.38.